The third kappa shape index (κ3) is 1.91. The SMILES string of the molecule is NN1C(OCc2ccccc2)N=C2C=CC=C3N=CC=CC321. The number of nitrogens with two attached hydrogens (primary N) is 1. The molecule has 0 radical (unpaired) electrons. The lowest BCUT2D eigenvalue weighted by Crippen LogP contribution is -2.57. The monoisotopic (exact) mass is 292 g/mol. The third-order valence-corrected chi connectivity index (χ3v) is 4.06. The maximum Gasteiger partial charge on any atom is 0.221 e. The lowest BCUT2D eigenvalue weighted by atomic mass is 9.84. The standard InChI is InChI=1S/C17H16N4O/c18-21-16(22-12-13-6-2-1-3-7-13)20-15-9-4-8-14-17(15,21)10-5-11-19-14/h1-11,16H,12,18H2. The van der Waals surface area contributed by atoms with Gasteiger partial charge in [0.1, 0.15) is 5.54 Å². The molecule has 2 heterocycles. The van der Waals surface area contributed by atoms with Crippen LogP contribution in [-0.4, -0.2) is 28.8 Å². The van der Waals surface area contributed by atoms with Crippen molar-refractivity contribution in [3.63, 3.8) is 0 Å². The molecule has 5 nitrogen and oxygen atoms in total. The Morgan fingerprint density at radius 3 is 2.95 bits per heavy atom. The molecule has 0 saturated heterocycles. The summed E-state index contributed by atoms with van der Waals surface area (Å²) in [5, 5.41) is 1.63. The van der Waals surface area contributed by atoms with E-state index in [-0.39, 0.29) is 0 Å². The van der Waals surface area contributed by atoms with Crippen molar-refractivity contribution >= 4 is 11.9 Å². The molecule has 5 heteroatoms. The minimum absolute atomic E-state index is 0.460. The van der Waals surface area contributed by atoms with E-state index in [0.29, 0.717) is 6.61 Å². The number of rotatable bonds is 3. The smallest absolute Gasteiger partial charge is 0.221 e. The first-order valence-electron chi connectivity index (χ1n) is 7.19. The van der Waals surface area contributed by atoms with Gasteiger partial charge >= 0.3 is 0 Å². The van der Waals surface area contributed by atoms with E-state index in [0.717, 1.165) is 17.0 Å². The Balaban J connectivity index is 1.59. The zero-order chi connectivity index (χ0) is 15.0. The van der Waals surface area contributed by atoms with Gasteiger partial charge in [-0.1, -0.05) is 36.4 Å². The van der Waals surface area contributed by atoms with E-state index in [1.54, 1.807) is 11.2 Å². The van der Waals surface area contributed by atoms with Crippen molar-refractivity contribution in [1.29, 1.82) is 0 Å². The largest absolute Gasteiger partial charge is 0.338 e. The summed E-state index contributed by atoms with van der Waals surface area (Å²) in [5.74, 6) is 6.34. The average Bonchev–Trinajstić information content (AvgIpc) is 2.85. The minimum atomic E-state index is -0.606. The third-order valence-electron chi connectivity index (χ3n) is 4.06. The number of benzene rings is 1. The van der Waals surface area contributed by atoms with Gasteiger partial charge in [0.05, 0.1) is 18.0 Å². The van der Waals surface area contributed by atoms with E-state index >= 15 is 0 Å². The number of ether oxygens (including phenoxy) is 1. The molecular formula is C17H16N4O. The topological polar surface area (TPSA) is 63.2 Å². The van der Waals surface area contributed by atoms with Crippen LogP contribution >= 0.6 is 0 Å². The van der Waals surface area contributed by atoms with E-state index < -0.39 is 11.9 Å². The molecule has 0 saturated carbocycles. The lowest BCUT2D eigenvalue weighted by Gasteiger charge is -2.37. The predicted molar refractivity (Wildman–Crippen MR) is 86.1 cm³/mol. The zero-order valence-corrected chi connectivity index (χ0v) is 12.0. The van der Waals surface area contributed by atoms with Gasteiger partial charge in [-0.05, 0) is 29.9 Å². The first kappa shape index (κ1) is 13.3. The van der Waals surface area contributed by atoms with Crippen LogP contribution in [0.25, 0.3) is 0 Å². The quantitative estimate of drug-likeness (QED) is 0.866. The number of allylic oxidation sites excluding steroid dienone is 3. The number of dihydropyridines is 1. The summed E-state index contributed by atoms with van der Waals surface area (Å²) in [4.78, 5) is 9.05. The predicted octanol–water partition coefficient (Wildman–Crippen LogP) is 1.95. The van der Waals surface area contributed by atoms with E-state index in [1.807, 2.05) is 60.7 Å². The maximum atomic E-state index is 6.34. The summed E-state index contributed by atoms with van der Waals surface area (Å²) in [5.41, 5.74) is 2.21. The Morgan fingerprint density at radius 1 is 1.23 bits per heavy atom. The molecule has 1 aromatic rings. The normalized spacial score (nSPS) is 29.0. The fraction of sp³-hybridized carbons (Fsp3) is 0.176. The van der Waals surface area contributed by atoms with Gasteiger partial charge in [0, 0.05) is 6.21 Å². The highest BCUT2D eigenvalue weighted by atomic mass is 16.5. The molecule has 2 N–H and O–H groups in total. The van der Waals surface area contributed by atoms with Gasteiger partial charge in [0.15, 0.2) is 0 Å². The van der Waals surface area contributed by atoms with E-state index in [2.05, 4.69) is 9.98 Å². The number of nitrogens with zero attached hydrogens (tertiary/aromatic N) is 3. The van der Waals surface area contributed by atoms with E-state index in [1.165, 1.54) is 0 Å². The van der Waals surface area contributed by atoms with Gasteiger partial charge in [-0.2, -0.15) is 5.01 Å². The summed E-state index contributed by atoms with van der Waals surface area (Å²) in [6.45, 7) is 0.460. The van der Waals surface area contributed by atoms with Crippen LogP contribution in [0.15, 0.2) is 76.4 Å². The van der Waals surface area contributed by atoms with Gasteiger partial charge in [-0.25, -0.2) is 4.99 Å². The maximum absolute atomic E-state index is 6.34. The molecule has 2 atom stereocenters. The van der Waals surface area contributed by atoms with Crippen LogP contribution in [0.1, 0.15) is 5.56 Å². The van der Waals surface area contributed by atoms with Crippen LogP contribution in [0.2, 0.25) is 0 Å². The fourth-order valence-electron chi connectivity index (χ4n) is 2.94. The number of hydrogen-bond donors (Lipinski definition) is 1. The molecule has 2 aliphatic heterocycles. The van der Waals surface area contributed by atoms with Crippen molar-refractivity contribution in [2.24, 2.45) is 15.8 Å². The van der Waals surface area contributed by atoms with Crippen LogP contribution in [-0.2, 0) is 11.3 Å². The Labute approximate surface area is 128 Å². The van der Waals surface area contributed by atoms with Gasteiger partial charge < -0.3 is 4.74 Å². The Morgan fingerprint density at radius 2 is 2.09 bits per heavy atom. The zero-order valence-electron chi connectivity index (χ0n) is 12.0. The molecule has 2 unspecified atom stereocenters. The molecule has 0 amide bonds. The molecule has 1 spiro atoms. The van der Waals surface area contributed by atoms with Crippen molar-refractivity contribution < 1.29 is 4.74 Å². The Bertz CT molecular complexity index is 732. The molecule has 110 valence electrons. The second kappa shape index (κ2) is 5.14. The molecule has 4 rings (SSSR count). The van der Waals surface area contributed by atoms with E-state index in [4.69, 9.17) is 10.6 Å². The molecule has 0 fully saturated rings. The van der Waals surface area contributed by atoms with Crippen molar-refractivity contribution in [3.05, 3.63) is 72.0 Å². The van der Waals surface area contributed by atoms with Crippen molar-refractivity contribution in [3.8, 4) is 0 Å². The summed E-state index contributed by atoms with van der Waals surface area (Å²) >= 11 is 0. The van der Waals surface area contributed by atoms with Crippen molar-refractivity contribution in [2.45, 2.75) is 18.5 Å². The first-order chi connectivity index (χ1) is 10.8. The number of hydrazine groups is 1. The Hall–Kier alpha value is -2.34. The molecule has 1 aromatic carbocycles. The van der Waals surface area contributed by atoms with Crippen LogP contribution < -0.4 is 5.84 Å². The van der Waals surface area contributed by atoms with Crippen molar-refractivity contribution in [1.82, 2.24) is 5.01 Å². The van der Waals surface area contributed by atoms with Gasteiger partial charge in [-0.15, -0.1) is 0 Å². The molecule has 0 bridgehead atoms. The van der Waals surface area contributed by atoms with Crippen LogP contribution in [0.5, 0.6) is 0 Å². The summed E-state index contributed by atoms with van der Waals surface area (Å²) < 4.78 is 5.90. The molecule has 0 aromatic heterocycles. The number of aliphatic imine (C=N–C) groups is 2. The first-order valence-corrected chi connectivity index (χ1v) is 7.19. The molecule has 1 aliphatic carbocycles. The number of hydrogen-bond acceptors (Lipinski definition) is 5. The minimum Gasteiger partial charge on any atom is -0.338 e. The Kier molecular flexibility index (Phi) is 3.11. The van der Waals surface area contributed by atoms with Crippen LogP contribution in [0.3, 0.4) is 0 Å². The second-order valence-electron chi connectivity index (χ2n) is 5.36. The fourth-order valence-corrected chi connectivity index (χ4v) is 2.94. The highest BCUT2D eigenvalue weighted by Gasteiger charge is 2.51. The summed E-state index contributed by atoms with van der Waals surface area (Å²) in [6, 6.07) is 9.99. The lowest BCUT2D eigenvalue weighted by molar-refractivity contribution is -0.0684. The molecule has 22 heavy (non-hydrogen) atoms. The highest BCUT2D eigenvalue weighted by Crippen LogP contribution is 2.38. The summed E-state index contributed by atoms with van der Waals surface area (Å²) in [6.07, 6.45) is 11.0. The van der Waals surface area contributed by atoms with E-state index in [9.17, 15) is 0 Å². The second-order valence-corrected chi connectivity index (χ2v) is 5.36. The molecular weight excluding hydrogens is 276 g/mol. The van der Waals surface area contributed by atoms with Gasteiger partial charge in [0.25, 0.3) is 0 Å². The van der Waals surface area contributed by atoms with Crippen LogP contribution in [0, 0.1) is 0 Å². The average molecular weight is 292 g/mol. The van der Waals surface area contributed by atoms with Crippen molar-refractivity contribution in [2.75, 3.05) is 0 Å². The van der Waals surface area contributed by atoms with Gasteiger partial charge in [-0.3, -0.25) is 10.8 Å². The highest BCUT2D eigenvalue weighted by molar-refractivity contribution is 6.10. The van der Waals surface area contributed by atoms with Gasteiger partial charge in [0.2, 0.25) is 6.35 Å². The van der Waals surface area contributed by atoms with Crippen LogP contribution in [0.4, 0.5) is 0 Å². The molecule has 3 aliphatic rings. The summed E-state index contributed by atoms with van der Waals surface area (Å²) in [7, 11) is 0.